The summed E-state index contributed by atoms with van der Waals surface area (Å²) in [4.78, 5) is 0.303. The maximum Gasteiger partial charge on any atom is 0.261 e. The van der Waals surface area contributed by atoms with Gasteiger partial charge in [-0.1, -0.05) is 67.1 Å². The molecule has 2 aliphatic rings. The van der Waals surface area contributed by atoms with Crippen molar-refractivity contribution in [2.45, 2.75) is 43.5 Å². The number of rotatable bonds is 5. The Bertz CT molecular complexity index is 1300. The van der Waals surface area contributed by atoms with E-state index in [1.54, 1.807) is 6.07 Å². The summed E-state index contributed by atoms with van der Waals surface area (Å²) < 4.78 is 29.2. The normalized spacial score (nSPS) is 21.5. The molecule has 2 N–H and O–H groups in total. The number of hydrogen-bond donors (Lipinski definition) is 2. The van der Waals surface area contributed by atoms with Gasteiger partial charge in [0.05, 0.1) is 16.6 Å². The Morgan fingerprint density at radius 3 is 2.69 bits per heavy atom. The first kappa shape index (κ1) is 20.8. The summed E-state index contributed by atoms with van der Waals surface area (Å²) in [5.74, 6) is 0.575. The lowest BCUT2D eigenvalue weighted by atomic mass is 9.77. The first-order chi connectivity index (χ1) is 15.5. The second kappa shape index (κ2) is 8.14. The first-order valence-electron chi connectivity index (χ1n) is 11.2. The highest BCUT2D eigenvalue weighted by atomic mass is 32.2. The number of sulfonamides is 1. The minimum atomic E-state index is -3.68. The van der Waals surface area contributed by atoms with Crippen LogP contribution in [0.25, 0.3) is 0 Å². The number of nitrogens with one attached hydrogen (secondary N) is 2. The van der Waals surface area contributed by atoms with Crippen LogP contribution in [-0.4, -0.2) is 8.42 Å². The van der Waals surface area contributed by atoms with Gasteiger partial charge in [0, 0.05) is 11.6 Å². The van der Waals surface area contributed by atoms with E-state index in [0.29, 0.717) is 16.5 Å². The van der Waals surface area contributed by atoms with Crippen LogP contribution >= 0.6 is 0 Å². The van der Waals surface area contributed by atoms with Crippen molar-refractivity contribution < 1.29 is 8.42 Å². The van der Waals surface area contributed by atoms with E-state index >= 15 is 0 Å². The number of para-hydroxylation sites is 1. The zero-order chi connectivity index (χ0) is 22.3. The summed E-state index contributed by atoms with van der Waals surface area (Å²) in [5, 5.41) is 3.70. The Kier molecular flexibility index (Phi) is 5.30. The summed E-state index contributed by atoms with van der Waals surface area (Å²) in [5.41, 5.74) is 6.22. The molecular weight excluding hydrogens is 416 g/mol. The standard InChI is InChI=1S/C27H28N2O2S/c1-3-19-9-4-5-13-25(19)29-32(30,31)21-14-15-26-24(17-21)22-11-7-12-23(22)27(28-26)20-10-6-8-18(2)16-20/h4-11,13-17,22-23,27-29H,3,12H2,1-2H3/t22-,23+,27+/m0/s1. The molecule has 0 radical (unpaired) electrons. The van der Waals surface area contributed by atoms with Gasteiger partial charge < -0.3 is 5.32 Å². The molecule has 5 heteroatoms. The van der Waals surface area contributed by atoms with Crippen LogP contribution in [0.3, 0.4) is 0 Å². The molecule has 32 heavy (non-hydrogen) atoms. The van der Waals surface area contributed by atoms with Crippen molar-refractivity contribution in [2.75, 3.05) is 10.0 Å². The topological polar surface area (TPSA) is 58.2 Å². The average molecular weight is 445 g/mol. The van der Waals surface area contributed by atoms with Crippen molar-refractivity contribution in [3.8, 4) is 0 Å². The fourth-order valence-electron chi connectivity index (χ4n) is 5.07. The van der Waals surface area contributed by atoms with E-state index in [2.05, 4.69) is 53.4 Å². The molecule has 0 amide bonds. The van der Waals surface area contributed by atoms with Crippen LogP contribution < -0.4 is 10.0 Å². The Hall–Kier alpha value is -3.05. The molecule has 0 unspecified atom stereocenters. The van der Waals surface area contributed by atoms with Crippen LogP contribution in [0.2, 0.25) is 0 Å². The van der Waals surface area contributed by atoms with Gasteiger partial charge in [0.15, 0.2) is 0 Å². The minimum Gasteiger partial charge on any atom is -0.378 e. The first-order valence-corrected chi connectivity index (χ1v) is 12.7. The number of allylic oxidation sites excluding steroid dienone is 2. The molecule has 4 nitrogen and oxygen atoms in total. The van der Waals surface area contributed by atoms with Gasteiger partial charge in [0.2, 0.25) is 0 Å². The van der Waals surface area contributed by atoms with Crippen LogP contribution in [-0.2, 0) is 16.4 Å². The Morgan fingerprint density at radius 1 is 1.03 bits per heavy atom. The molecule has 0 fully saturated rings. The Labute approximate surface area is 190 Å². The number of hydrogen-bond acceptors (Lipinski definition) is 3. The fraction of sp³-hybridized carbons (Fsp3) is 0.259. The van der Waals surface area contributed by atoms with Crippen molar-refractivity contribution in [1.82, 2.24) is 0 Å². The van der Waals surface area contributed by atoms with Gasteiger partial charge in [-0.15, -0.1) is 0 Å². The van der Waals surface area contributed by atoms with Crippen molar-refractivity contribution in [1.29, 1.82) is 0 Å². The molecule has 1 aliphatic carbocycles. The maximum atomic E-state index is 13.2. The maximum absolute atomic E-state index is 13.2. The highest BCUT2D eigenvalue weighted by Crippen LogP contribution is 2.50. The number of fused-ring (bicyclic) bond motifs is 3. The van der Waals surface area contributed by atoms with Gasteiger partial charge in [-0.05, 0) is 66.6 Å². The molecule has 0 spiro atoms. The van der Waals surface area contributed by atoms with Gasteiger partial charge in [0.25, 0.3) is 10.0 Å². The third-order valence-corrected chi connectivity index (χ3v) is 8.05. The highest BCUT2D eigenvalue weighted by molar-refractivity contribution is 7.92. The predicted octanol–water partition coefficient (Wildman–Crippen LogP) is 6.18. The molecule has 0 bridgehead atoms. The Balaban J connectivity index is 1.50. The van der Waals surface area contributed by atoms with Crippen LogP contribution in [0.15, 0.2) is 83.8 Å². The largest absolute Gasteiger partial charge is 0.378 e. The van der Waals surface area contributed by atoms with Gasteiger partial charge >= 0.3 is 0 Å². The van der Waals surface area contributed by atoms with Gasteiger partial charge in [-0.3, -0.25) is 4.72 Å². The molecule has 164 valence electrons. The average Bonchev–Trinajstić information content (AvgIpc) is 3.28. The third-order valence-electron chi connectivity index (χ3n) is 6.69. The highest BCUT2D eigenvalue weighted by Gasteiger charge is 2.38. The zero-order valence-electron chi connectivity index (χ0n) is 18.4. The molecule has 5 rings (SSSR count). The molecule has 0 saturated carbocycles. The summed E-state index contributed by atoms with van der Waals surface area (Å²) in [7, 11) is -3.68. The van der Waals surface area contributed by atoms with Crippen LogP contribution in [0.4, 0.5) is 11.4 Å². The monoisotopic (exact) mass is 444 g/mol. The molecule has 3 aromatic carbocycles. The van der Waals surface area contributed by atoms with Crippen LogP contribution in [0.5, 0.6) is 0 Å². The lowest BCUT2D eigenvalue weighted by Gasteiger charge is -2.37. The SMILES string of the molecule is CCc1ccccc1NS(=O)(=O)c1ccc2c(c1)[C@H]1C=CC[C@H]1[C@@H](c1cccc(C)c1)N2. The summed E-state index contributed by atoms with van der Waals surface area (Å²) in [6.45, 7) is 4.14. The predicted molar refractivity (Wildman–Crippen MR) is 131 cm³/mol. The van der Waals surface area contributed by atoms with Gasteiger partial charge in [-0.25, -0.2) is 8.42 Å². The van der Waals surface area contributed by atoms with Crippen LogP contribution in [0.1, 0.15) is 47.6 Å². The van der Waals surface area contributed by atoms with E-state index in [1.165, 1.54) is 11.1 Å². The van der Waals surface area contributed by atoms with Gasteiger partial charge in [-0.2, -0.15) is 0 Å². The lowest BCUT2D eigenvalue weighted by Crippen LogP contribution is -2.29. The summed E-state index contributed by atoms with van der Waals surface area (Å²) in [6, 6.07) is 21.9. The number of benzene rings is 3. The minimum absolute atomic E-state index is 0.204. The van der Waals surface area contributed by atoms with E-state index in [1.807, 2.05) is 43.3 Å². The quantitative estimate of drug-likeness (QED) is 0.462. The van der Waals surface area contributed by atoms with E-state index < -0.39 is 10.0 Å². The van der Waals surface area contributed by atoms with Crippen LogP contribution in [0, 0.1) is 12.8 Å². The number of aryl methyl sites for hydroxylation is 2. The molecule has 3 atom stereocenters. The van der Waals surface area contributed by atoms with Crippen molar-refractivity contribution in [3.63, 3.8) is 0 Å². The molecule has 3 aromatic rings. The van der Waals surface area contributed by atoms with Crippen molar-refractivity contribution in [2.24, 2.45) is 5.92 Å². The van der Waals surface area contributed by atoms with Crippen molar-refractivity contribution >= 4 is 21.4 Å². The van der Waals surface area contributed by atoms with Crippen molar-refractivity contribution in [3.05, 3.63) is 101 Å². The zero-order valence-corrected chi connectivity index (χ0v) is 19.2. The fourth-order valence-corrected chi connectivity index (χ4v) is 6.20. The summed E-state index contributed by atoms with van der Waals surface area (Å²) in [6.07, 6.45) is 6.21. The molecular formula is C27H28N2O2S. The Morgan fingerprint density at radius 2 is 1.88 bits per heavy atom. The van der Waals surface area contributed by atoms with E-state index in [9.17, 15) is 8.42 Å². The second-order valence-electron chi connectivity index (χ2n) is 8.75. The van der Waals surface area contributed by atoms with E-state index in [4.69, 9.17) is 0 Å². The molecule has 0 saturated heterocycles. The van der Waals surface area contributed by atoms with E-state index in [0.717, 1.165) is 29.7 Å². The summed E-state index contributed by atoms with van der Waals surface area (Å²) >= 11 is 0. The molecule has 1 aliphatic heterocycles. The van der Waals surface area contributed by atoms with E-state index in [-0.39, 0.29) is 12.0 Å². The lowest BCUT2D eigenvalue weighted by molar-refractivity contribution is 0.425. The second-order valence-corrected chi connectivity index (χ2v) is 10.4. The smallest absolute Gasteiger partial charge is 0.261 e. The van der Waals surface area contributed by atoms with Gasteiger partial charge in [0.1, 0.15) is 0 Å². The molecule has 1 heterocycles. The third kappa shape index (κ3) is 3.71. The number of anilines is 2. The molecule has 0 aromatic heterocycles.